The van der Waals surface area contributed by atoms with Crippen molar-refractivity contribution in [2.75, 3.05) is 0 Å². The second-order valence-corrected chi connectivity index (χ2v) is 9.38. The molecule has 0 bridgehead atoms. The molecule has 3 aromatic carbocycles. The number of fused-ring (bicyclic) bond motifs is 2. The second-order valence-electron chi connectivity index (χ2n) is 9.38. The molecule has 5 aromatic rings. The molecule has 2 aromatic heterocycles. The Morgan fingerprint density at radius 1 is 0.583 bits per heavy atom. The predicted octanol–water partition coefficient (Wildman–Crippen LogP) is -0.124. The van der Waals surface area contributed by atoms with Crippen molar-refractivity contribution in [3.05, 3.63) is 96.6 Å². The highest BCUT2D eigenvalue weighted by molar-refractivity contribution is 5.72. The van der Waals surface area contributed by atoms with Gasteiger partial charge in [0, 0.05) is 0 Å². The molecule has 5 rings (SSSR count). The third kappa shape index (κ3) is 6.09. The number of halogens is 2. The first kappa shape index (κ1) is 28.1. The average molecular weight is 612 g/mol. The fourth-order valence-corrected chi connectivity index (χ4v) is 4.97. The number of aryl methyl sites for hydroxylation is 2. The van der Waals surface area contributed by atoms with Crippen LogP contribution in [0.2, 0.25) is 0 Å². The minimum atomic E-state index is 0. The van der Waals surface area contributed by atoms with Crippen molar-refractivity contribution in [3.8, 4) is 0 Å². The van der Waals surface area contributed by atoms with Gasteiger partial charge in [-0.05, 0) is 54.3 Å². The molecule has 4 nitrogen and oxygen atoms in total. The first-order chi connectivity index (χ1) is 16.8. The summed E-state index contributed by atoms with van der Waals surface area (Å²) in [7, 11) is 0. The molecule has 0 saturated carbocycles. The van der Waals surface area contributed by atoms with Gasteiger partial charge in [0.2, 0.25) is 12.7 Å². The molecule has 0 spiro atoms. The summed E-state index contributed by atoms with van der Waals surface area (Å²) in [6.45, 7) is 8.42. The Bertz CT molecular complexity index is 1300. The van der Waals surface area contributed by atoms with Gasteiger partial charge < -0.3 is 34.0 Å². The van der Waals surface area contributed by atoms with Crippen molar-refractivity contribution >= 4 is 22.1 Å². The van der Waals surface area contributed by atoms with Gasteiger partial charge in [0.1, 0.15) is 13.1 Å². The standard InChI is InChI=1S/C30H36N4.2BrH/c1-3-5-18-31-23-33(29-16-9-7-14-27(29)31)21-25-12-11-13-26(20-25)22-34-24-32(19-6-4-2)28-15-8-10-17-30(28)34;;/h7-17,20,23-24H,3-6,18-19,21-22H2,1-2H3;2*1H/q+2;;/p-2. The van der Waals surface area contributed by atoms with Crippen LogP contribution in [0.4, 0.5) is 0 Å². The number of aromatic nitrogens is 4. The second kappa shape index (κ2) is 13.2. The monoisotopic (exact) mass is 610 g/mol. The van der Waals surface area contributed by atoms with Crippen LogP contribution in [0.3, 0.4) is 0 Å². The molecule has 0 aliphatic heterocycles. The van der Waals surface area contributed by atoms with Crippen molar-refractivity contribution in [2.24, 2.45) is 0 Å². The van der Waals surface area contributed by atoms with Gasteiger partial charge in [-0.2, -0.15) is 0 Å². The molecule has 6 heteroatoms. The summed E-state index contributed by atoms with van der Waals surface area (Å²) in [5.74, 6) is 0. The molecular formula is C30H36Br2N4. The molecule has 0 aliphatic carbocycles. The van der Waals surface area contributed by atoms with Crippen molar-refractivity contribution < 1.29 is 43.1 Å². The van der Waals surface area contributed by atoms with Crippen LogP contribution in [0.25, 0.3) is 22.1 Å². The highest BCUT2D eigenvalue weighted by Gasteiger charge is 2.17. The van der Waals surface area contributed by atoms with E-state index in [1.54, 1.807) is 0 Å². The predicted molar refractivity (Wildman–Crippen MR) is 139 cm³/mol. The van der Waals surface area contributed by atoms with E-state index in [1.165, 1.54) is 58.9 Å². The third-order valence-electron chi connectivity index (χ3n) is 6.76. The lowest BCUT2D eigenvalue weighted by atomic mass is 10.1. The summed E-state index contributed by atoms with van der Waals surface area (Å²) >= 11 is 0. The fourth-order valence-electron chi connectivity index (χ4n) is 4.97. The van der Waals surface area contributed by atoms with Crippen LogP contribution in [0.5, 0.6) is 0 Å². The summed E-state index contributed by atoms with van der Waals surface area (Å²) in [4.78, 5) is 0. The van der Waals surface area contributed by atoms with Gasteiger partial charge in [-0.3, -0.25) is 0 Å². The molecule has 0 aliphatic rings. The lowest BCUT2D eigenvalue weighted by Gasteiger charge is -2.04. The fraction of sp³-hybridized carbons (Fsp3) is 0.333. The highest BCUT2D eigenvalue weighted by Crippen LogP contribution is 2.15. The summed E-state index contributed by atoms with van der Waals surface area (Å²) in [6.07, 6.45) is 9.42. The van der Waals surface area contributed by atoms with Gasteiger partial charge in [-0.1, -0.05) is 69.2 Å². The van der Waals surface area contributed by atoms with Crippen LogP contribution >= 0.6 is 0 Å². The molecule has 0 saturated heterocycles. The largest absolute Gasteiger partial charge is 1.00 e. The first-order valence-electron chi connectivity index (χ1n) is 12.8. The van der Waals surface area contributed by atoms with Gasteiger partial charge in [0.05, 0.1) is 13.1 Å². The zero-order valence-electron chi connectivity index (χ0n) is 21.3. The third-order valence-corrected chi connectivity index (χ3v) is 6.76. The van der Waals surface area contributed by atoms with Crippen molar-refractivity contribution in [1.29, 1.82) is 0 Å². The summed E-state index contributed by atoms with van der Waals surface area (Å²) in [5.41, 5.74) is 7.94. The lowest BCUT2D eigenvalue weighted by Crippen LogP contribution is -3.00. The zero-order chi connectivity index (χ0) is 23.3. The van der Waals surface area contributed by atoms with Crippen molar-refractivity contribution in [3.63, 3.8) is 0 Å². The number of rotatable bonds is 10. The number of unbranched alkanes of at least 4 members (excludes halogenated alkanes) is 2. The molecular weight excluding hydrogens is 576 g/mol. The van der Waals surface area contributed by atoms with Crippen LogP contribution in [-0.2, 0) is 26.2 Å². The molecule has 0 N–H and O–H groups in total. The quantitative estimate of drug-likeness (QED) is 0.196. The summed E-state index contributed by atoms with van der Waals surface area (Å²) < 4.78 is 9.61. The Balaban J connectivity index is 0.00000180. The Hall–Kier alpha value is -2.44. The minimum absolute atomic E-state index is 0. The normalized spacial score (nSPS) is 10.9. The van der Waals surface area contributed by atoms with Crippen molar-refractivity contribution in [1.82, 2.24) is 9.13 Å². The number of hydrogen-bond acceptors (Lipinski definition) is 0. The van der Waals surface area contributed by atoms with E-state index < -0.39 is 0 Å². The molecule has 190 valence electrons. The Morgan fingerprint density at radius 3 is 1.47 bits per heavy atom. The van der Waals surface area contributed by atoms with Crippen molar-refractivity contribution in [2.45, 2.75) is 65.7 Å². The zero-order valence-corrected chi connectivity index (χ0v) is 24.5. The van der Waals surface area contributed by atoms with E-state index >= 15 is 0 Å². The number of para-hydroxylation sites is 4. The number of nitrogens with zero attached hydrogens (tertiary/aromatic N) is 4. The van der Waals surface area contributed by atoms with Gasteiger partial charge in [-0.15, -0.1) is 0 Å². The number of imidazole rings is 2. The van der Waals surface area contributed by atoms with E-state index in [1.807, 2.05) is 0 Å². The number of benzene rings is 3. The molecule has 0 unspecified atom stereocenters. The molecule has 36 heavy (non-hydrogen) atoms. The van der Waals surface area contributed by atoms with Gasteiger partial charge in [0.15, 0.2) is 22.1 Å². The lowest BCUT2D eigenvalue weighted by molar-refractivity contribution is -0.664. The highest BCUT2D eigenvalue weighted by atomic mass is 79.9. The minimum Gasteiger partial charge on any atom is -1.00 e. The SMILES string of the molecule is CCCCn1c[n+](Cc2cccc(C[n+]3cn(CCCC)c4ccccc43)c2)c2ccccc21.[Br-].[Br-]. The van der Waals surface area contributed by atoms with E-state index in [0.717, 1.165) is 26.2 Å². The van der Waals surface area contributed by atoms with Gasteiger partial charge in [0.25, 0.3) is 0 Å². The Labute approximate surface area is 235 Å². The maximum Gasteiger partial charge on any atom is 0.245 e. The van der Waals surface area contributed by atoms with Crippen LogP contribution in [0.1, 0.15) is 50.7 Å². The topological polar surface area (TPSA) is 17.6 Å². The molecule has 0 amide bonds. The van der Waals surface area contributed by atoms with Gasteiger partial charge >= 0.3 is 0 Å². The van der Waals surface area contributed by atoms with Crippen LogP contribution in [0.15, 0.2) is 85.5 Å². The van der Waals surface area contributed by atoms with E-state index in [0.29, 0.717) is 0 Å². The smallest absolute Gasteiger partial charge is 0.245 e. The number of hydrogen-bond donors (Lipinski definition) is 0. The summed E-state index contributed by atoms with van der Waals surface area (Å²) in [6, 6.07) is 26.6. The maximum absolute atomic E-state index is 2.41. The van der Waals surface area contributed by atoms with Crippen LogP contribution in [-0.4, -0.2) is 9.13 Å². The molecule has 0 atom stereocenters. The molecule has 2 heterocycles. The first-order valence-corrected chi connectivity index (χ1v) is 12.8. The summed E-state index contributed by atoms with van der Waals surface area (Å²) in [5, 5.41) is 0. The van der Waals surface area contributed by atoms with E-state index in [-0.39, 0.29) is 34.0 Å². The Morgan fingerprint density at radius 2 is 1.03 bits per heavy atom. The Kier molecular flexibility index (Phi) is 10.3. The van der Waals surface area contributed by atoms with Crippen LogP contribution in [0, 0.1) is 0 Å². The van der Waals surface area contributed by atoms with E-state index in [4.69, 9.17) is 0 Å². The van der Waals surface area contributed by atoms with E-state index in [9.17, 15) is 0 Å². The van der Waals surface area contributed by atoms with Gasteiger partial charge in [-0.25, -0.2) is 18.3 Å². The molecule has 0 fully saturated rings. The average Bonchev–Trinajstić information content (AvgIpc) is 3.40. The molecule has 0 radical (unpaired) electrons. The van der Waals surface area contributed by atoms with E-state index in [2.05, 4.69) is 118 Å². The van der Waals surface area contributed by atoms with Crippen LogP contribution < -0.4 is 43.1 Å². The maximum atomic E-state index is 2.41.